The van der Waals surface area contributed by atoms with E-state index in [1.54, 1.807) is 0 Å². The number of nitrogens with zero attached hydrogens (tertiary/aromatic N) is 1. The second kappa shape index (κ2) is 5.86. The molecule has 2 aliphatic carbocycles. The Labute approximate surface area is 93.7 Å². The first kappa shape index (κ1) is 11.4. The Morgan fingerprint density at radius 1 is 0.867 bits per heavy atom. The summed E-state index contributed by atoms with van der Waals surface area (Å²) in [7, 11) is 0. The van der Waals surface area contributed by atoms with Gasteiger partial charge in [-0.3, -0.25) is 0 Å². The van der Waals surface area contributed by atoms with E-state index in [4.69, 9.17) is 5.11 Å². The van der Waals surface area contributed by atoms with E-state index in [1.165, 1.54) is 58.2 Å². The number of aliphatic hydroxyl groups is 1. The first-order chi connectivity index (χ1) is 7.38. The van der Waals surface area contributed by atoms with Gasteiger partial charge >= 0.3 is 0 Å². The third kappa shape index (κ3) is 4.98. The minimum atomic E-state index is 0.366. The highest BCUT2D eigenvalue weighted by Crippen LogP contribution is 2.33. The van der Waals surface area contributed by atoms with E-state index >= 15 is 0 Å². The highest BCUT2D eigenvalue weighted by atomic mass is 16.2. The maximum Gasteiger partial charge on any atom is 0.0431 e. The zero-order valence-corrected chi connectivity index (χ0v) is 9.83. The molecule has 0 atom stereocenters. The van der Waals surface area contributed by atoms with Crippen LogP contribution in [0.15, 0.2) is 0 Å². The van der Waals surface area contributed by atoms with Crippen LogP contribution in [0, 0.1) is 11.8 Å². The number of hydrogen-bond acceptors (Lipinski definition) is 2. The molecule has 1 N–H and O–H groups in total. The SMILES string of the molecule is OCCCCCN(CC1CC1)CC1CC1. The highest BCUT2D eigenvalue weighted by molar-refractivity contribution is 4.82. The molecule has 0 aromatic heterocycles. The zero-order chi connectivity index (χ0) is 10.5. The van der Waals surface area contributed by atoms with Gasteiger partial charge in [-0.2, -0.15) is 0 Å². The van der Waals surface area contributed by atoms with Gasteiger partial charge in [0.25, 0.3) is 0 Å². The van der Waals surface area contributed by atoms with Crippen LogP contribution in [-0.4, -0.2) is 36.2 Å². The molecule has 0 aliphatic heterocycles. The Bertz CT molecular complexity index is 161. The fourth-order valence-corrected chi connectivity index (χ4v) is 2.21. The predicted octanol–water partition coefficient (Wildman–Crippen LogP) is 2.27. The average Bonchev–Trinajstić information content (AvgIpc) is 3.07. The van der Waals surface area contributed by atoms with E-state index in [-0.39, 0.29) is 0 Å². The van der Waals surface area contributed by atoms with Crippen LogP contribution in [0.2, 0.25) is 0 Å². The lowest BCUT2D eigenvalue weighted by Crippen LogP contribution is -2.29. The topological polar surface area (TPSA) is 23.5 Å². The van der Waals surface area contributed by atoms with Gasteiger partial charge in [-0.15, -0.1) is 0 Å². The van der Waals surface area contributed by atoms with Gasteiger partial charge in [0.15, 0.2) is 0 Å². The molecule has 88 valence electrons. The summed E-state index contributed by atoms with van der Waals surface area (Å²) in [5.41, 5.74) is 0. The normalized spacial score (nSPS) is 21.2. The van der Waals surface area contributed by atoms with Crippen LogP contribution in [0.25, 0.3) is 0 Å². The molecule has 2 aliphatic rings. The smallest absolute Gasteiger partial charge is 0.0431 e. The molecule has 0 unspecified atom stereocenters. The summed E-state index contributed by atoms with van der Waals surface area (Å²) in [6, 6.07) is 0. The molecule has 0 aromatic carbocycles. The summed E-state index contributed by atoms with van der Waals surface area (Å²) in [6.07, 6.45) is 9.34. The minimum absolute atomic E-state index is 0.366. The van der Waals surface area contributed by atoms with Gasteiger partial charge in [0.1, 0.15) is 0 Å². The van der Waals surface area contributed by atoms with E-state index in [1.807, 2.05) is 0 Å². The molecule has 0 heterocycles. The van der Waals surface area contributed by atoms with E-state index in [9.17, 15) is 0 Å². The zero-order valence-electron chi connectivity index (χ0n) is 9.83. The van der Waals surface area contributed by atoms with Crippen molar-refractivity contribution in [2.45, 2.75) is 44.9 Å². The van der Waals surface area contributed by atoms with Crippen LogP contribution in [-0.2, 0) is 0 Å². The number of unbranched alkanes of at least 4 members (excludes halogenated alkanes) is 2. The molecule has 2 rings (SSSR count). The predicted molar refractivity (Wildman–Crippen MR) is 62.8 cm³/mol. The molecular weight excluding hydrogens is 186 g/mol. The van der Waals surface area contributed by atoms with Crippen molar-refractivity contribution in [3.8, 4) is 0 Å². The molecule has 0 aromatic rings. The first-order valence-electron chi connectivity index (χ1n) is 6.71. The minimum Gasteiger partial charge on any atom is -0.396 e. The van der Waals surface area contributed by atoms with Gasteiger partial charge in [0, 0.05) is 19.7 Å². The average molecular weight is 211 g/mol. The van der Waals surface area contributed by atoms with Crippen molar-refractivity contribution in [1.29, 1.82) is 0 Å². The van der Waals surface area contributed by atoms with E-state index in [2.05, 4.69) is 4.90 Å². The van der Waals surface area contributed by atoms with Crippen LogP contribution in [0.3, 0.4) is 0 Å². The Hall–Kier alpha value is -0.0800. The molecular formula is C13H25NO. The van der Waals surface area contributed by atoms with E-state index in [0.717, 1.165) is 18.3 Å². The second-order valence-electron chi connectivity index (χ2n) is 5.43. The molecule has 2 saturated carbocycles. The molecule has 15 heavy (non-hydrogen) atoms. The van der Waals surface area contributed by atoms with Crippen LogP contribution in [0.1, 0.15) is 44.9 Å². The summed E-state index contributed by atoms with van der Waals surface area (Å²) < 4.78 is 0. The third-order valence-electron chi connectivity index (χ3n) is 3.56. The lowest BCUT2D eigenvalue weighted by molar-refractivity contribution is 0.238. The first-order valence-corrected chi connectivity index (χ1v) is 6.71. The van der Waals surface area contributed by atoms with Crippen LogP contribution in [0.4, 0.5) is 0 Å². The fraction of sp³-hybridized carbons (Fsp3) is 1.00. The Morgan fingerprint density at radius 3 is 1.93 bits per heavy atom. The summed E-state index contributed by atoms with van der Waals surface area (Å²) in [6.45, 7) is 4.35. The van der Waals surface area contributed by atoms with Crippen molar-refractivity contribution >= 4 is 0 Å². The summed E-state index contributed by atoms with van der Waals surface area (Å²) in [5.74, 6) is 2.06. The van der Waals surface area contributed by atoms with Crippen molar-refractivity contribution in [1.82, 2.24) is 4.90 Å². The summed E-state index contributed by atoms with van der Waals surface area (Å²) in [4.78, 5) is 2.69. The monoisotopic (exact) mass is 211 g/mol. The second-order valence-corrected chi connectivity index (χ2v) is 5.43. The van der Waals surface area contributed by atoms with Crippen molar-refractivity contribution in [3.05, 3.63) is 0 Å². The van der Waals surface area contributed by atoms with Crippen LogP contribution >= 0.6 is 0 Å². The maximum atomic E-state index is 8.73. The molecule has 0 spiro atoms. The van der Waals surface area contributed by atoms with Crippen molar-refractivity contribution in [2.24, 2.45) is 11.8 Å². The molecule has 2 fully saturated rings. The maximum absolute atomic E-state index is 8.73. The summed E-state index contributed by atoms with van der Waals surface area (Å²) >= 11 is 0. The van der Waals surface area contributed by atoms with Crippen molar-refractivity contribution in [3.63, 3.8) is 0 Å². The van der Waals surface area contributed by atoms with Gasteiger partial charge in [0.2, 0.25) is 0 Å². The van der Waals surface area contributed by atoms with Crippen LogP contribution < -0.4 is 0 Å². The summed E-state index contributed by atoms with van der Waals surface area (Å²) in [5, 5.41) is 8.73. The Balaban J connectivity index is 1.57. The van der Waals surface area contributed by atoms with Crippen LogP contribution in [0.5, 0.6) is 0 Å². The molecule has 0 saturated heterocycles. The Morgan fingerprint density at radius 2 is 1.47 bits per heavy atom. The molecule has 2 nitrogen and oxygen atoms in total. The van der Waals surface area contributed by atoms with Crippen molar-refractivity contribution < 1.29 is 5.11 Å². The largest absolute Gasteiger partial charge is 0.396 e. The van der Waals surface area contributed by atoms with Gasteiger partial charge in [0.05, 0.1) is 0 Å². The van der Waals surface area contributed by atoms with Gasteiger partial charge in [-0.1, -0.05) is 0 Å². The molecule has 0 amide bonds. The van der Waals surface area contributed by atoms with Gasteiger partial charge in [-0.05, 0) is 63.3 Å². The third-order valence-corrected chi connectivity index (χ3v) is 3.56. The van der Waals surface area contributed by atoms with Gasteiger partial charge < -0.3 is 10.0 Å². The number of rotatable bonds is 9. The fourth-order valence-electron chi connectivity index (χ4n) is 2.21. The number of aliphatic hydroxyl groups excluding tert-OH is 1. The van der Waals surface area contributed by atoms with Crippen molar-refractivity contribution in [2.75, 3.05) is 26.2 Å². The van der Waals surface area contributed by atoms with E-state index in [0.29, 0.717) is 6.61 Å². The standard InChI is InChI=1S/C13H25NO/c15-9-3-1-2-8-14(10-12-4-5-12)11-13-6-7-13/h12-13,15H,1-11H2. The number of hydrogen-bond donors (Lipinski definition) is 1. The Kier molecular flexibility index (Phi) is 4.45. The lowest BCUT2D eigenvalue weighted by atomic mass is 10.2. The lowest BCUT2D eigenvalue weighted by Gasteiger charge is -2.21. The quantitative estimate of drug-likeness (QED) is 0.591. The highest BCUT2D eigenvalue weighted by Gasteiger charge is 2.28. The molecule has 0 bridgehead atoms. The van der Waals surface area contributed by atoms with E-state index < -0.39 is 0 Å². The molecule has 2 heteroatoms. The molecule has 0 radical (unpaired) electrons. The van der Waals surface area contributed by atoms with Gasteiger partial charge in [-0.25, -0.2) is 0 Å².